The first kappa shape index (κ1) is 11.1. The molecule has 1 rings (SSSR count). The summed E-state index contributed by atoms with van der Waals surface area (Å²) >= 11 is 0. The molecule has 0 spiro atoms. The van der Waals surface area contributed by atoms with E-state index in [9.17, 15) is 4.39 Å². The zero-order valence-electron chi connectivity index (χ0n) is 8.68. The van der Waals surface area contributed by atoms with E-state index in [0.717, 1.165) is 12.8 Å². The molecule has 1 atom stereocenters. The highest BCUT2D eigenvalue weighted by atomic mass is 19.1. The largest absolute Gasteiger partial charge is 0.271 e. The fourth-order valence-corrected chi connectivity index (χ4v) is 1.56. The minimum Gasteiger partial charge on any atom is -0.271 e. The average Bonchev–Trinajstić information content (AvgIpc) is 2.19. The molecule has 1 aromatic rings. The highest BCUT2D eigenvalue weighted by molar-refractivity contribution is 5.27. The van der Waals surface area contributed by atoms with Crippen LogP contribution in [0.1, 0.15) is 36.9 Å². The predicted octanol–water partition coefficient (Wildman–Crippen LogP) is 2.44. The Bertz CT molecular complexity index is 299. The second kappa shape index (κ2) is 5.08. The number of nitrogens with one attached hydrogen (secondary N) is 1. The Morgan fingerprint density at radius 3 is 2.79 bits per heavy atom. The summed E-state index contributed by atoms with van der Waals surface area (Å²) < 4.78 is 13.7. The molecule has 0 aliphatic carbocycles. The molecule has 14 heavy (non-hydrogen) atoms. The van der Waals surface area contributed by atoms with Gasteiger partial charge in [-0.2, -0.15) is 0 Å². The molecule has 0 amide bonds. The summed E-state index contributed by atoms with van der Waals surface area (Å²) in [7, 11) is 0. The average molecular weight is 196 g/mol. The van der Waals surface area contributed by atoms with E-state index in [1.807, 2.05) is 6.07 Å². The Kier molecular flexibility index (Phi) is 4.04. The van der Waals surface area contributed by atoms with Crippen LogP contribution < -0.4 is 11.3 Å². The first-order chi connectivity index (χ1) is 6.70. The molecule has 0 saturated carbocycles. The van der Waals surface area contributed by atoms with Crippen LogP contribution in [0.4, 0.5) is 4.39 Å². The second-order valence-electron chi connectivity index (χ2n) is 3.49. The van der Waals surface area contributed by atoms with Gasteiger partial charge in [-0.3, -0.25) is 11.3 Å². The highest BCUT2D eigenvalue weighted by Crippen LogP contribution is 2.22. The molecule has 2 nitrogen and oxygen atoms in total. The third kappa shape index (κ3) is 2.30. The zero-order chi connectivity index (χ0) is 10.6. The molecular weight excluding hydrogens is 179 g/mol. The van der Waals surface area contributed by atoms with Crippen molar-refractivity contribution < 1.29 is 4.39 Å². The summed E-state index contributed by atoms with van der Waals surface area (Å²) in [6.07, 6.45) is 1.82. The van der Waals surface area contributed by atoms with Crippen molar-refractivity contribution in [2.75, 3.05) is 0 Å². The molecule has 3 N–H and O–H groups in total. The Morgan fingerprint density at radius 2 is 2.21 bits per heavy atom. The fourth-order valence-electron chi connectivity index (χ4n) is 1.56. The normalized spacial score (nSPS) is 12.9. The molecule has 78 valence electrons. The maximum Gasteiger partial charge on any atom is 0.130 e. The lowest BCUT2D eigenvalue weighted by Crippen LogP contribution is -2.28. The summed E-state index contributed by atoms with van der Waals surface area (Å²) in [4.78, 5) is 0. The molecule has 0 aromatic heterocycles. The van der Waals surface area contributed by atoms with Gasteiger partial charge in [0.25, 0.3) is 0 Å². The van der Waals surface area contributed by atoms with Crippen LogP contribution in [-0.2, 0) is 0 Å². The van der Waals surface area contributed by atoms with Gasteiger partial charge < -0.3 is 0 Å². The number of hydrogen-bond donors (Lipinski definition) is 2. The maximum atomic E-state index is 13.7. The van der Waals surface area contributed by atoms with Gasteiger partial charge in [-0.1, -0.05) is 31.5 Å². The summed E-state index contributed by atoms with van der Waals surface area (Å²) in [5, 5.41) is 0. The van der Waals surface area contributed by atoms with E-state index in [1.165, 1.54) is 0 Å². The minimum absolute atomic E-state index is 0.0834. The SMILES string of the molecule is CCCC(NN)c1cccc(C)c1F. The van der Waals surface area contributed by atoms with Gasteiger partial charge in [0.05, 0.1) is 0 Å². The van der Waals surface area contributed by atoms with Crippen LogP contribution in [0.5, 0.6) is 0 Å². The van der Waals surface area contributed by atoms with Crippen molar-refractivity contribution in [3.05, 3.63) is 35.1 Å². The minimum atomic E-state index is -0.149. The predicted molar refractivity (Wildman–Crippen MR) is 56.1 cm³/mol. The van der Waals surface area contributed by atoms with Crippen molar-refractivity contribution >= 4 is 0 Å². The van der Waals surface area contributed by atoms with Crippen LogP contribution in [0.25, 0.3) is 0 Å². The second-order valence-corrected chi connectivity index (χ2v) is 3.49. The molecule has 0 bridgehead atoms. The molecule has 0 fully saturated rings. The van der Waals surface area contributed by atoms with Crippen LogP contribution in [0, 0.1) is 12.7 Å². The van der Waals surface area contributed by atoms with Crippen molar-refractivity contribution in [2.45, 2.75) is 32.7 Å². The van der Waals surface area contributed by atoms with E-state index in [4.69, 9.17) is 5.84 Å². The van der Waals surface area contributed by atoms with Crippen molar-refractivity contribution in [3.8, 4) is 0 Å². The van der Waals surface area contributed by atoms with Crippen molar-refractivity contribution in [1.29, 1.82) is 0 Å². The number of nitrogens with two attached hydrogens (primary N) is 1. The van der Waals surface area contributed by atoms with Crippen molar-refractivity contribution in [3.63, 3.8) is 0 Å². The van der Waals surface area contributed by atoms with Crippen molar-refractivity contribution in [2.24, 2.45) is 5.84 Å². The van der Waals surface area contributed by atoms with E-state index in [2.05, 4.69) is 12.3 Å². The number of hydrogen-bond acceptors (Lipinski definition) is 2. The molecule has 0 saturated heterocycles. The summed E-state index contributed by atoms with van der Waals surface area (Å²) in [5.74, 6) is 5.24. The zero-order valence-corrected chi connectivity index (χ0v) is 8.68. The molecular formula is C11H17FN2. The van der Waals surface area contributed by atoms with Gasteiger partial charge >= 0.3 is 0 Å². The molecule has 0 aliphatic heterocycles. The van der Waals surface area contributed by atoms with Crippen LogP contribution in [0.3, 0.4) is 0 Å². The van der Waals surface area contributed by atoms with Gasteiger partial charge in [0.2, 0.25) is 0 Å². The van der Waals surface area contributed by atoms with Gasteiger partial charge in [-0.15, -0.1) is 0 Å². The van der Waals surface area contributed by atoms with E-state index in [1.54, 1.807) is 19.1 Å². The van der Waals surface area contributed by atoms with Gasteiger partial charge in [0.1, 0.15) is 5.82 Å². The molecule has 3 heteroatoms. The number of benzene rings is 1. The topological polar surface area (TPSA) is 38.0 Å². The molecule has 0 aliphatic rings. The highest BCUT2D eigenvalue weighted by Gasteiger charge is 2.13. The molecule has 1 aromatic carbocycles. The number of rotatable bonds is 4. The first-order valence-electron chi connectivity index (χ1n) is 4.91. The Hall–Kier alpha value is -0.930. The van der Waals surface area contributed by atoms with E-state index in [-0.39, 0.29) is 11.9 Å². The smallest absolute Gasteiger partial charge is 0.130 e. The Balaban J connectivity index is 2.97. The first-order valence-corrected chi connectivity index (χ1v) is 4.91. The number of hydrazine groups is 1. The number of aryl methyl sites for hydroxylation is 1. The standard InChI is InChI=1S/C11H17FN2/c1-3-5-10(14-13)9-7-4-6-8(2)11(9)12/h4,6-7,10,14H,3,5,13H2,1-2H3. The van der Waals surface area contributed by atoms with E-state index in [0.29, 0.717) is 11.1 Å². The molecule has 0 radical (unpaired) electrons. The van der Waals surface area contributed by atoms with Crippen LogP contribution in [0.2, 0.25) is 0 Å². The van der Waals surface area contributed by atoms with Crippen LogP contribution in [0.15, 0.2) is 18.2 Å². The summed E-state index contributed by atoms with van der Waals surface area (Å²) in [6, 6.07) is 5.31. The Labute approximate surface area is 84.3 Å². The summed E-state index contributed by atoms with van der Waals surface area (Å²) in [6.45, 7) is 3.82. The van der Waals surface area contributed by atoms with E-state index < -0.39 is 0 Å². The van der Waals surface area contributed by atoms with Crippen LogP contribution >= 0.6 is 0 Å². The number of halogens is 1. The third-order valence-electron chi connectivity index (χ3n) is 2.38. The fraction of sp³-hybridized carbons (Fsp3) is 0.455. The summed E-state index contributed by atoms with van der Waals surface area (Å²) in [5.41, 5.74) is 3.97. The lowest BCUT2D eigenvalue weighted by atomic mass is 10.0. The van der Waals surface area contributed by atoms with Crippen LogP contribution in [-0.4, -0.2) is 0 Å². The van der Waals surface area contributed by atoms with E-state index >= 15 is 0 Å². The lowest BCUT2D eigenvalue weighted by molar-refractivity contribution is 0.479. The van der Waals surface area contributed by atoms with Crippen molar-refractivity contribution in [1.82, 2.24) is 5.43 Å². The monoisotopic (exact) mass is 196 g/mol. The Morgan fingerprint density at radius 1 is 1.50 bits per heavy atom. The third-order valence-corrected chi connectivity index (χ3v) is 2.38. The van der Waals surface area contributed by atoms with Gasteiger partial charge in [0, 0.05) is 11.6 Å². The van der Waals surface area contributed by atoms with Gasteiger partial charge in [0.15, 0.2) is 0 Å². The molecule has 1 unspecified atom stereocenters. The molecule has 0 heterocycles. The lowest BCUT2D eigenvalue weighted by Gasteiger charge is -2.16. The quantitative estimate of drug-likeness (QED) is 0.573. The maximum absolute atomic E-state index is 13.7. The van der Waals surface area contributed by atoms with Gasteiger partial charge in [-0.05, 0) is 18.9 Å². The van der Waals surface area contributed by atoms with Gasteiger partial charge in [-0.25, -0.2) is 4.39 Å².